The van der Waals surface area contributed by atoms with E-state index in [1.165, 1.54) is 0 Å². The van der Waals surface area contributed by atoms with Crippen molar-refractivity contribution in [1.82, 2.24) is 5.32 Å². The lowest BCUT2D eigenvalue weighted by Gasteiger charge is -2.20. The third-order valence-corrected chi connectivity index (χ3v) is 5.55. The molecule has 1 fully saturated rings. The summed E-state index contributed by atoms with van der Waals surface area (Å²) in [6, 6.07) is 25.0. The summed E-state index contributed by atoms with van der Waals surface area (Å²) in [4.78, 5) is 26.8. The molecule has 5 nitrogen and oxygen atoms in total. The summed E-state index contributed by atoms with van der Waals surface area (Å²) < 4.78 is 0. The van der Waals surface area contributed by atoms with Gasteiger partial charge in [0.25, 0.3) is 0 Å². The van der Waals surface area contributed by atoms with Gasteiger partial charge in [-0.3, -0.25) is 14.9 Å². The Bertz CT molecular complexity index is 1030. The highest BCUT2D eigenvalue weighted by Gasteiger charge is 2.22. The van der Waals surface area contributed by atoms with E-state index in [2.05, 4.69) is 10.6 Å². The topological polar surface area (TPSA) is 61.4 Å². The number of hydrogen-bond acceptors (Lipinski definition) is 3. The second-order valence-corrected chi connectivity index (χ2v) is 7.90. The fourth-order valence-electron chi connectivity index (χ4n) is 3.79. The van der Waals surface area contributed by atoms with Crippen LogP contribution in [-0.4, -0.2) is 18.4 Å². The number of nitrogens with one attached hydrogen (secondary N) is 2. The van der Waals surface area contributed by atoms with Crippen LogP contribution in [0.5, 0.6) is 0 Å². The Labute approximate surface area is 183 Å². The zero-order valence-corrected chi connectivity index (χ0v) is 17.7. The van der Waals surface area contributed by atoms with Gasteiger partial charge >= 0.3 is 0 Å². The van der Waals surface area contributed by atoms with Crippen molar-refractivity contribution < 1.29 is 9.59 Å². The largest absolute Gasteiger partial charge is 0.324 e. The monoisotopic (exact) mass is 413 g/mol. The molecule has 31 heavy (non-hydrogen) atoms. The Morgan fingerprint density at radius 3 is 2.32 bits per heavy atom. The Morgan fingerprint density at radius 2 is 1.68 bits per heavy atom. The van der Waals surface area contributed by atoms with E-state index in [0.717, 1.165) is 41.0 Å². The lowest BCUT2D eigenvalue weighted by molar-refractivity contribution is -0.118. The van der Waals surface area contributed by atoms with Gasteiger partial charge in [0.1, 0.15) is 6.04 Å². The molecule has 0 unspecified atom stereocenters. The van der Waals surface area contributed by atoms with Crippen molar-refractivity contribution in [3.05, 3.63) is 95.6 Å². The van der Waals surface area contributed by atoms with E-state index in [1.807, 2.05) is 90.7 Å². The van der Waals surface area contributed by atoms with E-state index in [4.69, 9.17) is 0 Å². The predicted octanol–water partition coefficient (Wildman–Crippen LogP) is 4.59. The number of aryl methyl sites for hydroxylation is 1. The first kappa shape index (κ1) is 20.8. The summed E-state index contributed by atoms with van der Waals surface area (Å²) in [5.74, 6) is 0.0807. The van der Waals surface area contributed by atoms with Crippen molar-refractivity contribution in [2.45, 2.75) is 32.4 Å². The van der Waals surface area contributed by atoms with Crippen LogP contribution >= 0.6 is 0 Å². The van der Waals surface area contributed by atoms with Crippen LogP contribution in [0, 0.1) is 6.92 Å². The molecule has 0 radical (unpaired) electrons. The van der Waals surface area contributed by atoms with Crippen molar-refractivity contribution in [1.29, 1.82) is 0 Å². The number of carbonyl (C=O) groups is 2. The maximum atomic E-state index is 13.1. The van der Waals surface area contributed by atoms with Crippen LogP contribution in [-0.2, 0) is 16.1 Å². The number of rotatable bonds is 7. The van der Waals surface area contributed by atoms with Gasteiger partial charge in [-0.05, 0) is 48.7 Å². The molecule has 5 heteroatoms. The van der Waals surface area contributed by atoms with Gasteiger partial charge in [0, 0.05) is 30.9 Å². The second-order valence-electron chi connectivity index (χ2n) is 7.90. The van der Waals surface area contributed by atoms with E-state index >= 15 is 0 Å². The molecule has 3 aromatic rings. The maximum Gasteiger partial charge on any atom is 0.246 e. The molecule has 1 aliphatic rings. The van der Waals surface area contributed by atoms with Gasteiger partial charge in [-0.15, -0.1) is 0 Å². The zero-order valence-electron chi connectivity index (χ0n) is 17.7. The van der Waals surface area contributed by atoms with E-state index in [1.54, 1.807) is 0 Å². The fourth-order valence-corrected chi connectivity index (χ4v) is 3.79. The van der Waals surface area contributed by atoms with Gasteiger partial charge in [0.15, 0.2) is 0 Å². The molecule has 4 rings (SSSR count). The fraction of sp³-hybridized carbons (Fsp3) is 0.231. The van der Waals surface area contributed by atoms with E-state index in [-0.39, 0.29) is 11.8 Å². The zero-order chi connectivity index (χ0) is 21.6. The molecule has 1 aliphatic heterocycles. The summed E-state index contributed by atoms with van der Waals surface area (Å²) in [7, 11) is 0. The first-order valence-electron chi connectivity index (χ1n) is 10.7. The first-order valence-corrected chi connectivity index (χ1v) is 10.7. The lowest BCUT2D eigenvalue weighted by atomic mass is 10.1. The van der Waals surface area contributed by atoms with Crippen molar-refractivity contribution in [3.63, 3.8) is 0 Å². The summed E-state index contributed by atoms with van der Waals surface area (Å²) in [5.41, 5.74) is 4.82. The van der Waals surface area contributed by atoms with Crippen molar-refractivity contribution in [2.75, 3.05) is 16.8 Å². The SMILES string of the molecule is Cc1ccc(NC(=O)[C@@H](NCc2ccc(N3CCCC3=O)cc2)c2ccccc2)cc1. The first-order chi connectivity index (χ1) is 15.1. The number of benzene rings is 3. The summed E-state index contributed by atoms with van der Waals surface area (Å²) >= 11 is 0. The molecule has 0 spiro atoms. The van der Waals surface area contributed by atoms with Crippen molar-refractivity contribution in [3.8, 4) is 0 Å². The van der Waals surface area contributed by atoms with Gasteiger partial charge in [-0.1, -0.05) is 60.2 Å². The molecule has 1 saturated heterocycles. The molecule has 0 saturated carbocycles. The number of hydrogen-bond donors (Lipinski definition) is 2. The maximum absolute atomic E-state index is 13.1. The Balaban J connectivity index is 1.45. The molecule has 1 atom stereocenters. The number of amides is 2. The Kier molecular flexibility index (Phi) is 6.43. The minimum atomic E-state index is -0.484. The summed E-state index contributed by atoms with van der Waals surface area (Å²) in [6.07, 6.45) is 1.54. The van der Waals surface area contributed by atoms with Gasteiger partial charge in [-0.25, -0.2) is 0 Å². The van der Waals surface area contributed by atoms with Gasteiger partial charge < -0.3 is 10.2 Å². The predicted molar refractivity (Wildman–Crippen MR) is 124 cm³/mol. The minimum absolute atomic E-state index is 0.102. The third kappa shape index (κ3) is 5.19. The molecule has 2 amide bonds. The van der Waals surface area contributed by atoms with Crippen molar-refractivity contribution >= 4 is 23.2 Å². The average Bonchev–Trinajstić information content (AvgIpc) is 3.22. The molecule has 3 aromatic carbocycles. The van der Waals surface area contributed by atoms with E-state index in [9.17, 15) is 9.59 Å². The normalized spacial score (nSPS) is 14.5. The quantitative estimate of drug-likeness (QED) is 0.595. The Hall–Kier alpha value is -3.44. The molecular formula is C26H27N3O2. The minimum Gasteiger partial charge on any atom is -0.324 e. The molecular weight excluding hydrogens is 386 g/mol. The number of nitrogens with zero attached hydrogens (tertiary/aromatic N) is 1. The molecule has 158 valence electrons. The van der Waals surface area contributed by atoms with Crippen LogP contribution in [0.15, 0.2) is 78.9 Å². The van der Waals surface area contributed by atoms with Crippen LogP contribution in [0.4, 0.5) is 11.4 Å². The highest BCUT2D eigenvalue weighted by molar-refractivity contribution is 5.96. The van der Waals surface area contributed by atoms with Gasteiger partial charge in [-0.2, -0.15) is 0 Å². The number of carbonyl (C=O) groups excluding carboxylic acids is 2. The smallest absolute Gasteiger partial charge is 0.246 e. The third-order valence-electron chi connectivity index (χ3n) is 5.55. The standard InChI is InChI=1S/C26H27N3O2/c1-19-9-13-22(14-10-19)28-26(31)25(21-6-3-2-4-7-21)27-18-20-11-15-23(16-12-20)29-17-5-8-24(29)30/h2-4,6-7,9-16,25,27H,5,8,17-18H2,1H3,(H,28,31)/t25-/m0/s1. The second kappa shape index (κ2) is 9.58. The van der Waals surface area contributed by atoms with Gasteiger partial charge in [0.05, 0.1) is 0 Å². The molecule has 2 N–H and O–H groups in total. The van der Waals surface area contributed by atoms with Crippen LogP contribution in [0.2, 0.25) is 0 Å². The number of anilines is 2. The van der Waals surface area contributed by atoms with Crippen LogP contribution in [0.1, 0.15) is 35.6 Å². The van der Waals surface area contributed by atoms with E-state index in [0.29, 0.717) is 13.0 Å². The molecule has 0 bridgehead atoms. The van der Waals surface area contributed by atoms with E-state index < -0.39 is 6.04 Å². The highest BCUT2D eigenvalue weighted by atomic mass is 16.2. The van der Waals surface area contributed by atoms with Crippen LogP contribution in [0.25, 0.3) is 0 Å². The van der Waals surface area contributed by atoms with Crippen LogP contribution < -0.4 is 15.5 Å². The summed E-state index contributed by atoms with van der Waals surface area (Å²) in [5, 5.41) is 6.40. The molecule has 0 aromatic heterocycles. The van der Waals surface area contributed by atoms with Crippen LogP contribution in [0.3, 0.4) is 0 Å². The summed E-state index contributed by atoms with van der Waals surface area (Å²) in [6.45, 7) is 3.34. The van der Waals surface area contributed by atoms with Crippen molar-refractivity contribution in [2.24, 2.45) is 0 Å². The lowest BCUT2D eigenvalue weighted by Crippen LogP contribution is -2.32. The molecule has 0 aliphatic carbocycles. The highest BCUT2D eigenvalue weighted by Crippen LogP contribution is 2.22. The Morgan fingerprint density at radius 1 is 0.968 bits per heavy atom. The average molecular weight is 414 g/mol. The van der Waals surface area contributed by atoms with Gasteiger partial charge in [0.2, 0.25) is 11.8 Å². The molecule has 1 heterocycles.